The molecule has 0 unspecified atom stereocenters. The molecule has 0 aliphatic carbocycles. The maximum atomic E-state index is 12.7. The molecule has 0 saturated heterocycles. The first-order valence-electron chi connectivity index (χ1n) is 8.42. The molecule has 0 aliphatic heterocycles. The Morgan fingerprint density at radius 1 is 1.18 bits per heavy atom. The lowest BCUT2D eigenvalue weighted by atomic mass is 10.0. The summed E-state index contributed by atoms with van der Waals surface area (Å²) in [5.74, 6) is -0.638. The number of rotatable bonds is 7. The van der Waals surface area contributed by atoms with E-state index in [1.165, 1.54) is 19.2 Å². The lowest BCUT2D eigenvalue weighted by Crippen LogP contribution is -2.47. The molecule has 2 amide bonds. The summed E-state index contributed by atoms with van der Waals surface area (Å²) in [6.45, 7) is 3.57. The molecule has 2 rings (SSSR count). The Hall–Kier alpha value is -3.13. The van der Waals surface area contributed by atoms with Crippen molar-refractivity contribution < 1.29 is 19.2 Å². The van der Waals surface area contributed by atoms with E-state index >= 15 is 0 Å². The average Bonchev–Trinajstić information content (AvgIpc) is 2.65. The second kappa shape index (κ2) is 9.18. The summed E-state index contributed by atoms with van der Waals surface area (Å²) in [5.41, 5.74) is 0.349. The summed E-state index contributed by atoms with van der Waals surface area (Å²) < 4.78 is 5.12. The van der Waals surface area contributed by atoms with Crippen molar-refractivity contribution in [3.05, 3.63) is 63.2 Å². The van der Waals surface area contributed by atoms with Crippen LogP contribution >= 0.6 is 11.6 Å². The highest BCUT2D eigenvalue weighted by molar-refractivity contribution is 6.34. The van der Waals surface area contributed by atoms with Crippen LogP contribution in [-0.2, 0) is 4.79 Å². The Morgan fingerprint density at radius 3 is 2.46 bits per heavy atom. The van der Waals surface area contributed by atoms with Crippen LogP contribution in [0.1, 0.15) is 24.2 Å². The van der Waals surface area contributed by atoms with E-state index in [9.17, 15) is 19.7 Å². The van der Waals surface area contributed by atoms with Crippen LogP contribution in [0.5, 0.6) is 5.75 Å². The van der Waals surface area contributed by atoms with Crippen molar-refractivity contribution in [2.24, 2.45) is 5.92 Å². The third-order valence-electron chi connectivity index (χ3n) is 3.98. The maximum Gasteiger partial charge on any atom is 0.270 e. The molecule has 0 saturated carbocycles. The number of nitro benzene ring substituents is 1. The highest BCUT2D eigenvalue weighted by Crippen LogP contribution is 2.23. The Bertz CT molecular complexity index is 901. The zero-order valence-electron chi connectivity index (χ0n) is 15.6. The van der Waals surface area contributed by atoms with Gasteiger partial charge in [-0.25, -0.2) is 0 Å². The van der Waals surface area contributed by atoms with Gasteiger partial charge < -0.3 is 15.4 Å². The van der Waals surface area contributed by atoms with E-state index in [4.69, 9.17) is 16.3 Å². The third-order valence-corrected chi connectivity index (χ3v) is 4.29. The Kier molecular flexibility index (Phi) is 6.94. The quantitative estimate of drug-likeness (QED) is 0.539. The number of halogens is 1. The SMILES string of the molecule is COc1cccc(NC(=O)[C@@H](NC(=O)c2ccc([N+](=O)[O-])cc2Cl)C(C)C)c1. The molecule has 148 valence electrons. The van der Waals surface area contributed by atoms with Gasteiger partial charge in [0.1, 0.15) is 11.8 Å². The zero-order valence-corrected chi connectivity index (χ0v) is 16.3. The molecule has 9 heteroatoms. The van der Waals surface area contributed by atoms with E-state index in [-0.39, 0.29) is 22.2 Å². The number of carbonyl (C=O) groups is 2. The molecule has 0 fully saturated rings. The Balaban J connectivity index is 2.16. The van der Waals surface area contributed by atoms with Gasteiger partial charge in [0.2, 0.25) is 5.91 Å². The summed E-state index contributed by atoms with van der Waals surface area (Å²) in [7, 11) is 1.52. The second-order valence-electron chi connectivity index (χ2n) is 6.34. The highest BCUT2D eigenvalue weighted by atomic mass is 35.5. The number of amides is 2. The fraction of sp³-hybridized carbons (Fsp3) is 0.263. The van der Waals surface area contributed by atoms with Crippen molar-refractivity contribution in [3.8, 4) is 5.75 Å². The minimum Gasteiger partial charge on any atom is -0.497 e. The van der Waals surface area contributed by atoms with E-state index < -0.39 is 22.8 Å². The molecule has 8 nitrogen and oxygen atoms in total. The van der Waals surface area contributed by atoms with Gasteiger partial charge in [-0.15, -0.1) is 0 Å². The molecular formula is C19H20ClN3O5. The molecular weight excluding hydrogens is 386 g/mol. The van der Waals surface area contributed by atoms with E-state index in [1.54, 1.807) is 38.1 Å². The first kappa shape index (κ1) is 21.2. The van der Waals surface area contributed by atoms with Crippen LogP contribution in [-0.4, -0.2) is 29.9 Å². The smallest absolute Gasteiger partial charge is 0.270 e. The van der Waals surface area contributed by atoms with E-state index in [0.717, 1.165) is 6.07 Å². The number of anilines is 1. The third kappa shape index (κ3) is 5.20. The van der Waals surface area contributed by atoms with Gasteiger partial charge in [-0.3, -0.25) is 19.7 Å². The molecule has 0 heterocycles. The van der Waals surface area contributed by atoms with Crippen molar-refractivity contribution in [3.63, 3.8) is 0 Å². The minimum absolute atomic E-state index is 0.0482. The standard InChI is InChI=1S/C19H20ClN3O5/c1-11(2)17(19(25)21-12-5-4-6-14(9-12)28-3)22-18(24)15-8-7-13(23(26)27)10-16(15)20/h4-11,17H,1-3H3,(H,21,25)(H,22,24)/t17-/m0/s1. The number of non-ortho nitro benzene ring substituents is 1. The second-order valence-corrected chi connectivity index (χ2v) is 6.74. The normalized spacial score (nSPS) is 11.6. The number of methoxy groups -OCH3 is 1. The topological polar surface area (TPSA) is 111 Å². The van der Waals surface area contributed by atoms with Crippen molar-refractivity contribution in [1.82, 2.24) is 5.32 Å². The number of hydrogen-bond donors (Lipinski definition) is 2. The number of nitrogens with zero attached hydrogens (tertiary/aromatic N) is 1. The largest absolute Gasteiger partial charge is 0.497 e. The van der Waals surface area contributed by atoms with Crippen LogP contribution in [0.25, 0.3) is 0 Å². The van der Waals surface area contributed by atoms with Gasteiger partial charge in [0.05, 0.1) is 22.6 Å². The Labute approximate surface area is 167 Å². The van der Waals surface area contributed by atoms with Crippen LogP contribution in [0.4, 0.5) is 11.4 Å². The van der Waals surface area contributed by atoms with Gasteiger partial charge in [0.15, 0.2) is 0 Å². The fourth-order valence-electron chi connectivity index (χ4n) is 2.48. The maximum absolute atomic E-state index is 12.7. The molecule has 0 aliphatic rings. The van der Waals surface area contributed by atoms with Crippen molar-refractivity contribution in [2.75, 3.05) is 12.4 Å². The number of carbonyl (C=O) groups excluding carboxylic acids is 2. The summed E-state index contributed by atoms with van der Waals surface area (Å²) >= 11 is 5.99. The lowest BCUT2D eigenvalue weighted by molar-refractivity contribution is -0.384. The summed E-state index contributed by atoms with van der Waals surface area (Å²) in [6, 6.07) is 9.52. The zero-order chi connectivity index (χ0) is 20.8. The van der Waals surface area contributed by atoms with Gasteiger partial charge in [-0.2, -0.15) is 0 Å². The lowest BCUT2D eigenvalue weighted by Gasteiger charge is -2.22. The fourth-order valence-corrected chi connectivity index (χ4v) is 2.74. The predicted molar refractivity (Wildman–Crippen MR) is 106 cm³/mol. The van der Waals surface area contributed by atoms with Gasteiger partial charge in [0.25, 0.3) is 11.6 Å². The number of hydrogen-bond acceptors (Lipinski definition) is 5. The number of nitro groups is 1. The number of benzene rings is 2. The van der Waals surface area contributed by atoms with Crippen LogP contribution in [0.2, 0.25) is 5.02 Å². The molecule has 0 bridgehead atoms. The number of nitrogens with one attached hydrogen (secondary N) is 2. The molecule has 0 spiro atoms. The molecule has 2 aromatic carbocycles. The van der Waals surface area contributed by atoms with Crippen LogP contribution in [0.3, 0.4) is 0 Å². The molecule has 0 aromatic heterocycles. The van der Waals surface area contributed by atoms with E-state index in [1.807, 2.05) is 0 Å². The minimum atomic E-state index is -0.843. The first-order valence-corrected chi connectivity index (χ1v) is 8.80. The molecule has 2 N–H and O–H groups in total. The van der Waals surface area contributed by atoms with Gasteiger partial charge in [-0.1, -0.05) is 31.5 Å². The van der Waals surface area contributed by atoms with Crippen LogP contribution in [0, 0.1) is 16.0 Å². The average molecular weight is 406 g/mol. The number of ether oxygens (including phenoxy) is 1. The monoisotopic (exact) mass is 405 g/mol. The summed E-state index contributed by atoms with van der Waals surface area (Å²) in [5, 5.41) is 16.1. The van der Waals surface area contributed by atoms with Crippen molar-refractivity contribution in [2.45, 2.75) is 19.9 Å². The highest BCUT2D eigenvalue weighted by Gasteiger charge is 2.26. The van der Waals surface area contributed by atoms with Gasteiger partial charge in [-0.05, 0) is 24.1 Å². The van der Waals surface area contributed by atoms with Crippen molar-refractivity contribution in [1.29, 1.82) is 0 Å². The molecule has 2 aromatic rings. The Morgan fingerprint density at radius 2 is 1.89 bits per heavy atom. The summed E-state index contributed by atoms with van der Waals surface area (Å²) in [4.78, 5) is 35.4. The van der Waals surface area contributed by atoms with E-state index in [2.05, 4.69) is 10.6 Å². The van der Waals surface area contributed by atoms with Crippen LogP contribution in [0.15, 0.2) is 42.5 Å². The van der Waals surface area contributed by atoms with Crippen molar-refractivity contribution >= 4 is 34.8 Å². The van der Waals surface area contributed by atoms with Gasteiger partial charge >= 0.3 is 0 Å². The van der Waals surface area contributed by atoms with Crippen LogP contribution < -0.4 is 15.4 Å². The molecule has 1 atom stereocenters. The first-order chi connectivity index (χ1) is 13.2. The van der Waals surface area contributed by atoms with Gasteiger partial charge in [0, 0.05) is 23.9 Å². The summed E-state index contributed by atoms with van der Waals surface area (Å²) in [6.07, 6.45) is 0. The van der Waals surface area contributed by atoms with E-state index in [0.29, 0.717) is 11.4 Å². The molecule has 0 radical (unpaired) electrons. The predicted octanol–water partition coefficient (Wildman–Crippen LogP) is 3.65. The molecule has 28 heavy (non-hydrogen) atoms.